The Morgan fingerprint density at radius 1 is 1.53 bits per heavy atom. The number of nitrogens with zero attached hydrogens (tertiary/aromatic N) is 3. The van der Waals surface area contributed by atoms with Gasteiger partial charge in [-0.1, -0.05) is 16.7 Å². The summed E-state index contributed by atoms with van der Waals surface area (Å²) < 4.78 is 6.27. The largest absolute Gasteiger partial charge is 0.492 e. The standard InChI is InChI=1S/C9H9BrClN3O/c10-8-6-7(11)2-3-9(8)15-5-1-4-13-14-12/h2-3,6H,1,4-5H2. The van der Waals surface area contributed by atoms with E-state index in [9.17, 15) is 0 Å². The van der Waals surface area contributed by atoms with Crippen LogP contribution in [0.25, 0.3) is 10.4 Å². The molecule has 0 saturated heterocycles. The number of rotatable bonds is 5. The lowest BCUT2D eigenvalue weighted by Gasteiger charge is -2.07. The van der Waals surface area contributed by atoms with Crippen molar-refractivity contribution < 1.29 is 4.74 Å². The van der Waals surface area contributed by atoms with Crippen molar-refractivity contribution in [1.82, 2.24) is 0 Å². The predicted octanol–water partition coefficient (Wildman–Crippen LogP) is 4.18. The van der Waals surface area contributed by atoms with Crippen LogP contribution in [0.2, 0.25) is 5.02 Å². The maximum absolute atomic E-state index is 8.05. The molecule has 0 N–H and O–H groups in total. The molecule has 15 heavy (non-hydrogen) atoms. The fourth-order valence-corrected chi connectivity index (χ4v) is 1.75. The third kappa shape index (κ3) is 4.42. The molecule has 0 aliphatic rings. The van der Waals surface area contributed by atoms with Crippen LogP contribution in [0.3, 0.4) is 0 Å². The fourth-order valence-electron chi connectivity index (χ4n) is 0.954. The first-order valence-corrected chi connectivity index (χ1v) is 5.50. The number of hydrogen-bond donors (Lipinski definition) is 0. The van der Waals surface area contributed by atoms with Crippen LogP contribution in [0.1, 0.15) is 6.42 Å². The Kier molecular flexibility index (Phi) is 5.32. The Morgan fingerprint density at radius 3 is 3.00 bits per heavy atom. The molecule has 0 unspecified atom stereocenters. The van der Waals surface area contributed by atoms with E-state index in [1.807, 2.05) is 0 Å². The molecule has 1 rings (SSSR count). The zero-order chi connectivity index (χ0) is 11.1. The van der Waals surface area contributed by atoms with Crippen molar-refractivity contribution in [2.75, 3.05) is 13.2 Å². The number of halogens is 2. The summed E-state index contributed by atoms with van der Waals surface area (Å²) in [5.41, 5.74) is 8.05. The van der Waals surface area contributed by atoms with Crippen LogP contribution in [0, 0.1) is 0 Å². The van der Waals surface area contributed by atoms with Crippen molar-refractivity contribution in [3.8, 4) is 5.75 Å². The SMILES string of the molecule is [N-]=[N+]=NCCCOc1ccc(Cl)cc1Br. The maximum Gasteiger partial charge on any atom is 0.133 e. The Bertz CT molecular complexity index is 380. The van der Waals surface area contributed by atoms with Crippen molar-refractivity contribution in [2.24, 2.45) is 5.11 Å². The van der Waals surface area contributed by atoms with Crippen LogP contribution in [0.4, 0.5) is 0 Å². The Morgan fingerprint density at radius 2 is 2.33 bits per heavy atom. The van der Waals surface area contributed by atoms with Gasteiger partial charge in [0.05, 0.1) is 11.1 Å². The highest BCUT2D eigenvalue weighted by molar-refractivity contribution is 9.10. The summed E-state index contributed by atoms with van der Waals surface area (Å²) >= 11 is 9.12. The molecule has 0 aromatic heterocycles. The van der Waals surface area contributed by atoms with E-state index in [2.05, 4.69) is 26.0 Å². The Labute approximate surface area is 101 Å². The third-order valence-corrected chi connectivity index (χ3v) is 2.47. The van der Waals surface area contributed by atoms with Crippen molar-refractivity contribution in [3.63, 3.8) is 0 Å². The Balaban J connectivity index is 2.40. The quantitative estimate of drug-likeness (QED) is 0.347. The lowest BCUT2D eigenvalue weighted by Crippen LogP contribution is -1.99. The van der Waals surface area contributed by atoms with Crippen LogP contribution in [0.15, 0.2) is 27.8 Å². The van der Waals surface area contributed by atoms with E-state index in [1.54, 1.807) is 18.2 Å². The van der Waals surface area contributed by atoms with Crippen LogP contribution < -0.4 is 4.74 Å². The number of benzene rings is 1. The average molecular weight is 291 g/mol. The molecule has 0 spiro atoms. The second-order valence-corrected chi connectivity index (χ2v) is 4.02. The maximum atomic E-state index is 8.05. The highest BCUT2D eigenvalue weighted by atomic mass is 79.9. The summed E-state index contributed by atoms with van der Waals surface area (Å²) in [7, 11) is 0. The monoisotopic (exact) mass is 289 g/mol. The summed E-state index contributed by atoms with van der Waals surface area (Å²) in [6, 6.07) is 5.32. The molecule has 80 valence electrons. The van der Waals surface area contributed by atoms with Gasteiger partial charge in [-0.05, 0) is 46.1 Å². The van der Waals surface area contributed by atoms with E-state index >= 15 is 0 Å². The van der Waals surface area contributed by atoms with Gasteiger partial charge in [-0.3, -0.25) is 0 Å². The van der Waals surface area contributed by atoms with Crippen molar-refractivity contribution in [1.29, 1.82) is 0 Å². The number of azide groups is 1. The van der Waals surface area contributed by atoms with Gasteiger partial charge >= 0.3 is 0 Å². The highest BCUT2D eigenvalue weighted by Gasteiger charge is 2.00. The van der Waals surface area contributed by atoms with Crippen molar-refractivity contribution in [3.05, 3.63) is 38.1 Å². The topological polar surface area (TPSA) is 58.0 Å². The predicted molar refractivity (Wildman–Crippen MR) is 63.3 cm³/mol. The molecule has 6 heteroatoms. The highest BCUT2D eigenvalue weighted by Crippen LogP contribution is 2.27. The molecule has 0 heterocycles. The van der Waals surface area contributed by atoms with E-state index < -0.39 is 0 Å². The molecule has 0 aliphatic heterocycles. The second-order valence-electron chi connectivity index (χ2n) is 2.73. The van der Waals surface area contributed by atoms with E-state index in [1.165, 1.54) is 0 Å². The molecular weight excluding hydrogens is 281 g/mol. The third-order valence-electron chi connectivity index (χ3n) is 1.62. The minimum absolute atomic E-state index is 0.446. The Hall–Kier alpha value is -0.900. The first-order valence-electron chi connectivity index (χ1n) is 4.33. The molecule has 0 atom stereocenters. The minimum Gasteiger partial charge on any atom is -0.492 e. The number of ether oxygens (including phenoxy) is 1. The van der Waals surface area contributed by atoms with Gasteiger partial charge in [0.15, 0.2) is 0 Å². The van der Waals surface area contributed by atoms with Crippen molar-refractivity contribution >= 4 is 27.5 Å². The fraction of sp³-hybridized carbons (Fsp3) is 0.333. The zero-order valence-corrected chi connectivity index (χ0v) is 10.2. The van der Waals surface area contributed by atoms with Gasteiger partial charge in [-0.2, -0.15) is 0 Å². The summed E-state index contributed by atoms with van der Waals surface area (Å²) in [5, 5.41) is 4.06. The van der Waals surface area contributed by atoms with Crippen LogP contribution in [0.5, 0.6) is 5.75 Å². The first-order chi connectivity index (χ1) is 7.24. The average Bonchev–Trinajstić information content (AvgIpc) is 2.20. The summed E-state index contributed by atoms with van der Waals surface area (Å²) in [4.78, 5) is 2.65. The van der Waals surface area contributed by atoms with Crippen molar-refractivity contribution in [2.45, 2.75) is 6.42 Å². The van der Waals surface area contributed by atoms with Crippen LogP contribution in [-0.2, 0) is 0 Å². The summed E-state index contributed by atoms with van der Waals surface area (Å²) in [6.45, 7) is 0.959. The molecule has 1 aromatic rings. The molecule has 0 aliphatic carbocycles. The van der Waals surface area contributed by atoms with Gasteiger partial charge in [0.1, 0.15) is 5.75 Å². The molecule has 0 fully saturated rings. The van der Waals surface area contributed by atoms with Gasteiger partial charge in [0.25, 0.3) is 0 Å². The zero-order valence-electron chi connectivity index (χ0n) is 7.86. The van der Waals surface area contributed by atoms with E-state index in [0.717, 1.165) is 10.2 Å². The van der Waals surface area contributed by atoms with Gasteiger partial charge in [-0.25, -0.2) is 0 Å². The van der Waals surface area contributed by atoms with Gasteiger partial charge in [-0.15, -0.1) is 0 Å². The minimum atomic E-state index is 0.446. The lowest BCUT2D eigenvalue weighted by molar-refractivity contribution is 0.311. The van der Waals surface area contributed by atoms with Gasteiger partial charge in [0.2, 0.25) is 0 Å². The summed E-state index contributed by atoms with van der Waals surface area (Å²) in [5.74, 6) is 0.736. The summed E-state index contributed by atoms with van der Waals surface area (Å²) in [6.07, 6.45) is 0.694. The normalized spacial score (nSPS) is 9.47. The molecule has 0 amide bonds. The molecule has 0 bridgehead atoms. The number of hydrogen-bond acceptors (Lipinski definition) is 2. The molecule has 0 saturated carbocycles. The van der Waals surface area contributed by atoms with Gasteiger partial charge in [0, 0.05) is 16.5 Å². The lowest BCUT2D eigenvalue weighted by atomic mass is 10.3. The van der Waals surface area contributed by atoms with E-state index in [-0.39, 0.29) is 0 Å². The molecule has 1 aromatic carbocycles. The molecule has 0 radical (unpaired) electrons. The second kappa shape index (κ2) is 6.56. The van der Waals surface area contributed by atoms with Crippen LogP contribution in [-0.4, -0.2) is 13.2 Å². The first kappa shape index (κ1) is 12.2. The van der Waals surface area contributed by atoms with E-state index in [0.29, 0.717) is 24.6 Å². The smallest absolute Gasteiger partial charge is 0.133 e. The van der Waals surface area contributed by atoms with Gasteiger partial charge < -0.3 is 4.74 Å². The molecule has 4 nitrogen and oxygen atoms in total. The molecular formula is C9H9BrClN3O. The van der Waals surface area contributed by atoms with E-state index in [4.69, 9.17) is 21.9 Å². The van der Waals surface area contributed by atoms with Crippen LogP contribution >= 0.6 is 27.5 Å².